The van der Waals surface area contributed by atoms with Crippen molar-refractivity contribution < 1.29 is 9.59 Å². The molecule has 0 fully saturated rings. The van der Waals surface area contributed by atoms with Gasteiger partial charge in [0.2, 0.25) is 5.91 Å². The Kier molecular flexibility index (Phi) is 6.08. The maximum Gasteiger partial charge on any atom is 0.256 e. The lowest BCUT2D eigenvalue weighted by molar-refractivity contribution is -0.115. The van der Waals surface area contributed by atoms with E-state index in [2.05, 4.69) is 20.6 Å². The molecule has 0 aliphatic carbocycles. The van der Waals surface area contributed by atoms with E-state index in [1.807, 2.05) is 73.0 Å². The highest BCUT2D eigenvalue weighted by atomic mass is 32.2. The Morgan fingerprint density at radius 2 is 1.88 bits per heavy atom. The minimum absolute atomic E-state index is 0.114. The first-order chi connectivity index (χ1) is 16.1. The molecule has 0 saturated carbocycles. The molecule has 0 aliphatic rings. The number of rotatable bonds is 6. The van der Waals surface area contributed by atoms with Crippen LogP contribution < -0.4 is 10.6 Å². The van der Waals surface area contributed by atoms with Crippen LogP contribution in [0, 0.1) is 0 Å². The number of carbonyl (C=O) groups is 2. The van der Waals surface area contributed by atoms with Crippen LogP contribution in [0.25, 0.3) is 21.0 Å². The fourth-order valence-corrected chi connectivity index (χ4v) is 6.13. The second-order valence-electron chi connectivity index (χ2n) is 7.23. The molecular formula is C24H18N4O2S3. The van der Waals surface area contributed by atoms with E-state index in [1.54, 1.807) is 6.20 Å². The normalized spacial score (nSPS) is 12.0. The molecule has 0 aliphatic heterocycles. The third-order valence-electron chi connectivity index (χ3n) is 4.97. The maximum atomic E-state index is 12.9. The summed E-state index contributed by atoms with van der Waals surface area (Å²) >= 11 is 4.28. The number of benzene rings is 3. The van der Waals surface area contributed by atoms with Gasteiger partial charge in [-0.15, -0.1) is 22.7 Å². The van der Waals surface area contributed by atoms with Crippen LogP contribution in [0.5, 0.6) is 0 Å². The Morgan fingerprint density at radius 3 is 2.73 bits per heavy atom. The van der Waals surface area contributed by atoms with Crippen molar-refractivity contribution in [1.29, 1.82) is 0 Å². The highest BCUT2D eigenvalue weighted by Gasteiger charge is 2.18. The van der Waals surface area contributed by atoms with Gasteiger partial charge in [0.25, 0.3) is 5.91 Å². The third kappa shape index (κ3) is 4.75. The van der Waals surface area contributed by atoms with E-state index < -0.39 is 0 Å². The standard InChI is InChI=1S/C24H18N4O2S3/c1-14(21(29)28-23-25-11-12-31-23)32-24-27-19-10-9-16(13-20(19)33-24)26-22(30)18-8-4-6-15-5-2-3-7-17(15)18/h2-14H,1H3,(H,26,30)(H,25,28,29)/t14-/m1/s1. The summed E-state index contributed by atoms with van der Waals surface area (Å²) in [5.74, 6) is -0.269. The molecule has 33 heavy (non-hydrogen) atoms. The zero-order valence-corrected chi connectivity index (χ0v) is 19.9. The Bertz CT molecular complexity index is 1460. The molecule has 164 valence electrons. The van der Waals surface area contributed by atoms with E-state index in [-0.39, 0.29) is 17.1 Å². The molecule has 3 aromatic carbocycles. The molecule has 0 spiro atoms. The summed E-state index contributed by atoms with van der Waals surface area (Å²) in [6.07, 6.45) is 1.66. The number of nitrogens with zero attached hydrogens (tertiary/aromatic N) is 2. The number of thioether (sulfide) groups is 1. The number of aromatic nitrogens is 2. The number of anilines is 2. The predicted octanol–water partition coefficient (Wildman–Crippen LogP) is 6.28. The highest BCUT2D eigenvalue weighted by Crippen LogP contribution is 2.34. The number of nitrogens with one attached hydrogen (secondary N) is 2. The van der Waals surface area contributed by atoms with Crippen LogP contribution in [0.3, 0.4) is 0 Å². The molecule has 2 heterocycles. The first-order valence-corrected chi connectivity index (χ1v) is 12.7. The average Bonchev–Trinajstić information content (AvgIpc) is 3.47. The van der Waals surface area contributed by atoms with Crippen molar-refractivity contribution in [3.63, 3.8) is 0 Å². The number of carbonyl (C=O) groups excluding carboxylic acids is 2. The van der Waals surface area contributed by atoms with E-state index in [9.17, 15) is 9.59 Å². The second-order valence-corrected chi connectivity index (χ2v) is 10.7. The largest absolute Gasteiger partial charge is 0.322 e. The molecule has 1 atom stereocenters. The van der Waals surface area contributed by atoms with Gasteiger partial charge in [0.05, 0.1) is 15.5 Å². The van der Waals surface area contributed by atoms with Crippen LogP contribution >= 0.6 is 34.4 Å². The first-order valence-electron chi connectivity index (χ1n) is 10.1. The molecule has 2 aromatic heterocycles. The maximum absolute atomic E-state index is 12.9. The van der Waals surface area contributed by atoms with Crippen molar-refractivity contribution >= 4 is 78.1 Å². The van der Waals surface area contributed by atoms with E-state index in [4.69, 9.17) is 0 Å². The lowest BCUT2D eigenvalue weighted by Crippen LogP contribution is -2.22. The van der Waals surface area contributed by atoms with E-state index >= 15 is 0 Å². The number of thiazole rings is 2. The number of fused-ring (bicyclic) bond motifs is 2. The molecule has 0 bridgehead atoms. The first kappa shape index (κ1) is 21.6. The smallest absolute Gasteiger partial charge is 0.256 e. The Labute approximate surface area is 202 Å². The minimum Gasteiger partial charge on any atom is -0.322 e. The SMILES string of the molecule is C[C@@H](Sc1nc2ccc(NC(=O)c3cccc4ccccc34)cc2s1)C(=O)Nc1nccs1. The molecule has 2 N–H and O–H groups in total. The van der Waals surface area contributed by atoms with Crippen molar-refractivity contribution in [2.75, 3.05) is 10.6 Å². The lowest BCUT2D eigenvalue weighted by atomic mass is 10.0. The van der Waals surface area contributed by atoms with Crippen molar-refractivity contribution in [2.24, 2.45) is 0 Å². The van der Waals surface area contributed by atoms with E-state index in [1.165, 1.54) is 34.4 Å². The van der Waals surface area contributed by atoms with Crippen molar-refractivity contribution in [3.8, 4) is 0 Å². The predicted molar refractivity (Wildman–Crippen MR) is 138 cm³/mol. The fourth-order valence-electron chi connectivity index (χ4n) is 3.35. The van der Waals surface area contributed by atoms with Gasteiger partial charge < -0.3 is 10.6 Å². The van der Waals surface area contributed by atoms with E-state index in [0.29, 0.717) is 16.4 Å². The van der Waals surface area contributed by atoms with Crippen LogP contribution in [0.4, 0.5) is 10.8 Å². The van der Waals surface area contributed by atoms with Crippen LogP contribution in [-0.4, -0.2) is 27.0 Å². The minimum atomic E-state index is -0.319. The van der Waals surface area contributed by atoms with Gasteiger partial charge in [-0.05, 0) is 42.0 Å². The van der Waals surface area contributed by atoms with Crippen molar-refractivity contribution in [2.45, 2.75) is 16.5 Å². The molecular weight excluding hydrogens is 472 g/mol. The molecule has 5 rings (SSSR count). The summed E-state index contributed by atoms with van der Waals surface area (Å²) in [4.78, 5) is 34.1. The Morgan fingerprint density at radius 1 is 1.03 bits per heavy atom. The third-order valence-corrected chi connectivity index (χ3v) is 7.87. The fraction of sp³-hybridized carbons (Fsp3) is 0.0833. The quantitative estimate of drug-likeness (QED) is 0.274. The highest BCUT2D eigenvalue weighted by molar-refractivity contribution is 8.02. The van der Waals surface area contributed by atoms with Crippen molar-refractivity contribution in [1.82, 2.24) is 9.97 Å². The summed E-state index contributed by atoms with van der Waals surface area (Å²) in [6.45, 7) is 1.84. The molecule has 2 amide bonds. The van der Waals surface area contributed by atoms with Crippen LogP contribution in [0.1, 0.15) is 17.3 Å². The van der Waals surface area contributed by atoms with Gasteiger partial charge in [-0.3, -0.25) is 9.59 Å². The van der Waals surface area contributed by atoms with Gasteiger partial charge in [-0.1, -0.05) is 48.2 Å². The summed E-state index contributed by atoms with van der Waals surface area (Å²) < 4.78 is 1.74. The van der Waals surface area contributed by atoms with Crippen LogP contribution in [0.15, 0.2) is 76.6 Å². The average molecular weight is 491 g/mol. The van der Waals surface area contributed by atoms with Crippen molar-refractivity contribution in [3.05, 3.63) is 77.8 Å². The molecule has 0 radical (unpaired) electrons. The van der Waals surface area contributed by atoms with Crippen LogP contribution in [0.2, 0.25) is 0 Å². The zero-order valence-electron chi connectivity index (χ0n) is 17.4. The monoisotopic (exact) mass is 490 g/mol. The van der Waals surface area contributed by atoms with Gasteiger partial charge in [0, 0.05) is 22.8 Å². The lowest BCUT2D eigenvalue weighted by Gasteiger charge is -2.08. The number of hydrogen-bond donors (Lipinski definition) is 2. The van der Waals surface area contributed by atoms with E-state index in [0.717, 1.165) is 25.3 Å². The topological polar surface area (TPSA) is 84.0 Å². The molecule has 6 nitrogen and oxygen atoms in total. The molecule has 9 heteroatoms. The number of amides is 2. The summed E-state index contributed by atoms with van der Waals surface area (Å²) in [6, 6.07) is 19.2. The Hall–Kier alpha value is -3.27. The summed E-state index contributed by atoms with van der Waals surface area (Å²) in [7, 11) is 0. The molecule has 5 aromatic rings. The van der Waals surface area contributed by atoms with Crippen LogP contribution in [-0.2, 0) is 4.79 Å². The van der Waals surface area contributed by atoms with Gasteiger partial charge in [0.15, 0.2) is 9.47 Å². The van der Waals surface area contributed by atoms with Gasteiger partial charge in [-0.2, -0.15) is 0 Å². The van der Waals surface area contributed by atoms with Gasteiger partial charge in [0.1, 0.15) is 0 Å². The summed E-state index contributed by atoms with van der Waals surface area (Å²) in [5, 5.41) is 9.84. The van der Waals surface area contributed by atoms with Gasteiger partial charge >= 0.3 is 0 Å². The Balaban J connectivity index is 1.31. The van der Waals surface area contributed by atoms with Gasteiger partial charge in [-0.25, -0.2) is 9.97 Å². The zero-order chi connectivity index (χ0) is 22.8. The number of hydrogen-bond acceptors (Lipinski definition) is 7. The summed E-state index contributed by atoms with van der Waals surface area (Å²) in [5.41, 5.74) is 2.17. The molecule has 0 saturated heterocycles. The molecule has 0 unspecified atom stereocenters. The second kappa shape index (κ2) is 9.30.